The van der Waals surface area contributed by atoms with Crippen molar-refractivity contribution in [1.29, 1.82) is 0 Å². The molecule has 0 aliphatic heterocycles. The predicted molar refractivity (Wildman–Crippen MR) is 130 cm³/mol. The standard InChI is InChI=1S/C22H26ClN3O2.2ClH/c1-22(2,26-13-15-6-5-7-20(27-3)21(15)28-4)14-25-18-10-11-24-19-12-16(23)8-9-17(18)19;;/h5-12,26H,13-14H2,1-4H3,(H,24,25);2*1H. The average molecular weight is 473 g/mol. The molecule has 1 aromatic heterocycles. The normalized spacial score (nSPS) is 10.7. The summed E-state index contributed by atoms with van der Waals surface area (Å²) < 4.78 is 10.9. The minimum Gasteiger partial charge on any atom is -0.493 e. The maximum atomic E-state index is 6.08. The van der Waals surface area contributed by atoms with Gasteiger partial charge in [0.1, 0.15) is 0 Å². The third kappa shape index (κ3) is 6.29. The lowest BCUT2D eigenvalue weighted by atomic mass is 10.0. The second-order valence-corrected chi connectivity index (χ2v) is 7.70. The number of rotatable bonds is 8. The Morgan fingerprint density at radius 2 is 1.80 bits per heavy atom. The van der Waals surface area contributed by atoms with Crippen LogP contribution in [0.4, 0.5) is 5.69 Å². The van der Waals surface area contributed by atoms with Crippen molar-refractivity contribution < 1.29 is 9.47 Å². The summed E-state index contributed by atoms with van der Waals surface area (Å²) in [4.78, 5) is 4.39. The highest BCUT2D eigenvalue weighted by Crippen LogP contribution is 2.31. The molecule has 2 aromatic carbocycles. The summed E-state index contributed by atoms with van der Waals surface area (Å²) in [6.07, 6.45) is 1.79. The lowest BCUT2D eigenvalue weighted by molar-refractivity contribution is 0.345. The minimum atomic E-state index is -0.157. The van der Waals surface area contributed by atoms with Crippen LogP contribution < -0.4 is 20.1 Å². The molecule has 0 spiro atoms. The highest BCUT2D eigenvalue weighted by atomic mass is 35.5. The Labute approximate surface area is 195 Å². The molecular weight excluding hydrogens is 445 g/mol. The summed E-state index contributed by atoms with van der Waals surface area (Å²) in [5.74, 6) is 1.50. The van der Waals surface area contributed by atoms with E-state index in [0.29, 0.717) is 11.6 Å². The maximum absolute atomic E-state index is 6.08. The number of para-hydroxylation sites is 1. The molecular formula is C22H28Cl3N3O2. The lowest BCUT2D eigenvalue weighted by Gasteiger charge is -2.28. The average Bonchev–Trinajstić information content (AvgIpc) is 2.70. The van der Waals surface area contributed by atoms with Gasteiger partial charge in [0.25, 0.3) is 0 Å². The molecule has 0 saturated carbocycles. The Balaban J connectivity index is 0.00000225. The number of halogens is 3. The summed E-state index contributed by atoms with van der Waals surface area (Å²) >= 11 is 6.08. The molecule has 0 aliphatic carbocycles. The summed E-state index contributed by atoms with van der Waals surface area (Å²) in [5.41, 5.74) is 2.81. The molecule has 2 N–H and O–H groups in total. The Morgan fingerprint density at radius 1 is 1.03 bits per heavy atom. The van der Waals surface area contributed by atoms with Gasteiger partial charge in [0, 0.05) is 46.5 Å². The number of fused-ring (bicyclic) bond motifs is 1. The van der Waals surface area contributed by atoms with Gasteiger partial charge in [0.2, 0.25) is 0 Å². The Bertz CT molecular complexity index is 968. The van der Waals surface area contributed by atoms with Gasteiger partial charge in [0.15, 0.2) is 11.5 Å². The number of pyridine rings is 1. The monoisotopic (exact) mass is 471 g/mol. The number of nitrogens with one attached hydrogen (secondary N) is 2. The van der Waals surface area contributed by atoms with E-state index in [-0.39, 0.29) is 30.4 Å². The minimum absolute atomic E-state index is 0. The molecule has 30 heavy (non-hydrogen) atoms. The van der Waals surface area contributed by atoms with Crippen LogP contribution in [0.25, 0.3) is 10.9 Å². The molecule has 0 amide bonds. The van der Waals surface area contributed by atoms with Crippen LogP contribution in [0.15, 0.2) is 48.7 Å². The first-order valence-corrected chi connectivity index (χ1v) is 9.54. The summed E-state index contributed by atoms with van der Waals surface area (Å²) in [7, 11) is 3.31. The van der Waals surface area contributed by atoms with Gasteiger partial charge in [-0.2, -0.15) is 0 Å². The summed E-state index contributed by atoms with van der Waals surface area (Å²) in [6.45, 7) is 5.72. The fourth-order valence-corrected chi connectivity index (χ4v) is 3.25. The molecule has 3 rings (SSSR count). The number of hydrogen-bond donors (Lipinski definition) is 2. The SMILES string of the molecule is COc1cccc(CNC(C)(C)CNc2ccnc3cc(Cl)ccc23)c1OC.Cl.Cl. The number of benzene rings is 2. The Hall–Kier alpha value is -1.92. The van der Waals surface area contributed by atoms with Crippen LogP contribution in [0.1, 0.15) is 19.4 Å². The van der Waals surface area contributed by atoms with E-state index in [2.05, 4.69) is 29.5 Å². The van der Waals surface area contributed by atoms with Crippen molar-refractivity contribution in [2.24, 2.45) is 0 Å². The second kappa shape index (κ2) is 11.5. The van der Waals surface area contributed by atoms with E-state index < -0.39 is 0 Å². The van der Waals surface area contributed by atoms with Gasteiger partial charge in [-0.25, -0.2) is 0 Å². The van der Waals surface area contributed by atoms with Crippen LogP contribution in [-0.4, -0.2) is 31.3 Å². The van der Waals surface area contributed by atoms with Crippen LogP contribution in [-0.2, 0) is 6.54 Å². The van der Waals surface area contributed by atoms with Gasteiger partial charge < -0.3 is 20.1 Å². The molecule has 5 nitrogen and oxygen atoms in total. The van der Waals surface area contributed by atoms with Gasteiger partial charge in [-0.3, -0.25) is 4.98 Å². The van der Waals surface area contributed by atoms with Crippen molar-refractivity contribution in [2.45, 2.75) is 25.9 Å². The Morgan fingerprint density at radius 3 is 2.50 bits per heavy atom. The largest absolute Gasteiger partial charge is 0.493 e. The number of ether oxygens (including phenoxy) is 2. The smallest absolute Gasteiger partial charge is 0.165 e. The van der Waals surface area contributed by atoms with Crippen molar-refractivity contribution in [3.63, 3.8) is 0 Å². The van der Waals surface area contributed by atoms with E-state index in [0.717, 1.165) is 40.2 Å². The van der Waals surface area contributed by atoms with Crippen LogP contribution in [0, 0.1) is 0 Å². The molecule has 0 fully saturated rings. The fourth-order valence-electron chi connectivity index (χ4n) is 3.08. The van der Waals surface area contributed by atoms with Gasteiger partial charge in [-0.05, 0) is 44.2 Å². The zero-order valence-electron chi connectivity index (χ0n) is 17.5. The molecule has 0 bridgehead atoms. The number of nitrogens with zero attached hydrogens (tertiary/aromatic N) is 1. The van der Waals surface area contributed by atoms with Crippen molar-refractivity contribution in [1.82, 2.24) is 10.3 Å². The highest BCUT2D eigenvalue weighted by molar-refractivity contribution is 6.31. The summed E-state index contributed by atoms with van der Waals surface area (Å²) in [6, 6.07) is 13.6. The first kappa shape index (κ1) is 26.1. The number of methoxy groups -OCH3 is 2. The topological polar surface area (TPSA) is 55.4 Å². The zero-order valence-corrected chi connectivity index (χ0v) is 19.9. The van der Waals surface area contributed by atoms with Crippen LogP contribution >= 0.6 is 36.4 Å². The van der Waals surface area contributed by atoms with Gasteiger partial charge in [-0.1, -0.05) is 23.7 Å². The van der Waals surface area contributed by atoms with Crippen molar-refractivity contribution >= 4 is 53.0 Å². The molecule has 1 heterocycles. The third-order valence-corrected chi connectivity index (χ3v) is 4.90. The Kier molecular flexibility index (Phi) is 9.98. The van der Waals surface area contributed by atoms with E-state index >= 15 is 0 Å². The molecule has 0 saturated heterocycles. The first-order chi connectivity index (χ1) is 13.4. The van der Waals surface area contributed by atoms with E-state index in [1.807, 2.05) is 42.5 Å². The zero-order chi connectivity index (χ0) is 20.1. The summed E-state index contributed by atoms with van der Waals surface area (Å²) in [5, 5.41) is 8.87. The second-order valence-electron chi connectivity index (χ2n) is 7.26. The molecule has 164 valence electrons. The van der Waals surface area contributed by atoms with E-state index in [4.69, 9.17) is 21.1 Å². The van der Waals surface area contributed by atoms with Crippen LogP contribution in [0.2, 0.25) is 5.02 Å². The van der Waals surface area contributed by atoms with Crippen molar-refractivity contribution in [3.05, 3.63) is 59.2 Å². The van der Waals surface area contributed by atoms with Crippen molar-refractivity contribution in [3.8, 4) is 11.5 Å². The number of anilines is 1. The molecule has 0 atom stereocenters. The van der Waals surface area contributed by atoms with Crippen LogP contribution in [0.3, 0.4) is 0 Å². The van der Waals surface area contributed by atoms with Gasteiger partial charge >= 0.3 is 0 Å². The van der Waals surface area contributed by atoms with Crippen molar-refractivity contribution in [2.75, 3.05) is 26.1 Å². The fraction of sp³-hybridized carbons (Fsp3) is 0.318. The van der Waals surface area contributed by atoms with E-state index in [1.54, 1.807) is 20.4 Å². The number of hydrogen-bond acceptors (Lipinski definition) is 5. The molecule has 0 aliphatic rings. The van der Waals surface area contributed by atoms with E-state index in [1.165, 1.54) is 0 Å². The number of aromatic nitrogens is 1. The van der Waals surface area contributed by atoms with Crippen LogP contribution in [0.5, 0.6) is 11.5 Å². The lowest BCUT2D eigenvalue weighted by Crippen LogP contribution is -2.44. The van der Waals surface area contributed by atoms with E-state index in [9.17, 15) is 0 Å². The molecule has 8 heteroatoms. The predicted octanol–water partition coefficient (Wildman–Crippen LogP) is 5.73. The molecule has 3 aromatic rings. The third-order valence-electron chi connectivity index (χ3n) is 4.67. The van der Waals surface area contributed by atoms with Gasteiger partial charge in [-0.15, -0.1) is 24.8 Å². The maximum Gasteiger partial charge on any atom is 0.165 e. The van der Waals surface area contributed by atoms with Gasteiger partial charge in [0.05, 0.1) is 19.7 Å². The quantitative estimate of drug-likeness (QED) is 0.438. The highest BCUT2D eigenvalue weighted by Gasteiger charge is 2.19. The molecule has 0 unspecified atom stereocenters. The first-order valence-electron chi connectivity index (χ1n) is 9.16. The molecule has 0 radical (unpaired) electrons.